The Kier molecular flexibility index (Phi) is 2.72. The van der Waals surface area contributed by atoms with Gasteiger partial charge in [0.15, 0.2) is 0 Å². The van der Waals surface area contributed by atoms with Gasteiger partial charge in [0.1, 0.15) is 0 Å². The molecular weight excluding hydrogens is 276 g/mol. The van der Waals surface area contributed by atoms with Crippen LogP contribution in [0.25, 0.3) is 0 Å². The standard InChI is InChI=1S/C7H5ClINO/c8-7(11)4-1-2-6(10)5(9)3-4/h1-3H,10H2. The Balaban J connectivity index is 3.15. The third kappa shape index (κ3) is 2.07. The summed E-state index contributed by atoms with van der Waals surface area (Å²) in [6.07, 6.45) is 0. The molecule has 0 radical (unpaired) electrons. The Morgan fingerprint density at radius 1 is 1.55 bits per heavy atom. The summed E-state index contributed by atoms with van der Waals surface area (Å²) < 4.78 is 0.842. The summed E-state index contributed by atoms with van der Waals surface area (Å²) in [5.74, 6) is 0. The second kappa shape index (κ2) is 3.40. The lowest BCUT2D eigenvalue weighted by Gasteiger charge is -1.98. The van der Waals surface area contributed by atoms with Gasteiger partial charge >= 0.3 is 0 Å². The highest BCUT2D eigenvalue weighted by molar-refractivity contribution is 14.1. The van der Waals surface area contributed by atoms with Crippen molar-refractivity contribution in [1.29, 1.82) is 0 Å². The van der Waals surface area contributed by atoms with E-state index in [-0.39, 0.29) is 0 Å². The molecule has 0 aliphatic carbocycles. The van der Waals surface area contributed by atoms with Crippen LogP contribution >= 0.6 is 34.2 Å². The number of hydrogen-bond donors (Lipinski definition) is 1. The summed E-state index contributed by atoms with van der Waals surface area (Å²) in [6, 6.07) is 4.93. The SMILES string of the molecule is Nc1ccc(C(=O)Cl)cc1I. The molecule has 0 bridgehead atoms. The van der Waals surface area contributed by atoms with Gasteiger partial charge in [-0.3, -0.25) is 4.79 Å². The molecule has 0 aliphatic rings. The Morgan fingerprint density at radius 2 is 2.18 bits per heavy atom. The van der Waals surface area contributed by atoms with Crippen molar-refractivity contribution < 1.29 is 4.79 Å². The van der Waals surface area contributed by atoms with Gasteiger partial charge in [-0.2, -0.15) is 0 Å². The minimum atomic E-state index is -0.456. The van der Waals surface area contributed by atoms with E-state index < -0.39 is 5.24 Å². The van der Waals surface area contributed by atoms with Gasteiger partial charge in [0.2, 0.25) is 0 Å². The maximum atomic E-state index is 10.6. The first-order chi connectivity index (χ1) is 5.11. The molecule has 11 heavy (non-hydrogen) atoms. The third-order valence-electron chi connectivity index (χ3n) is 1.23. The number of hydrogen-bond acceptors (Lipinski definition) is 2. The van der Waals surface area contributed by atoms with E-state index >= 15 is 0 Å². The minimum absolute atomic E-state index is 0.456. The van der Waals surface area contributed by atoms with E-state index in [0.29, 0.717) is 11.3 Å². The molecule has 2 N–H and O–H groups in total. The van der Waals surface area contributed by atoms with Crippen LogP contribution in [0.4, 0.5) is 5.69 Å². The van der Waals surface area contributed by atoms with Gasteiger partial charge in [-0.25, -0.2) is 0 Å². The van der Waals surface area contributed by atoms with E-state index in [1.165, 1.54) is 0 Å². The molecule has 0 atom stereocenters. The van der Waals surface area contributed by atoms with Gasteiger partial charge < -0.3 is 5.73 Å². The fourth-order valence-corrected chi connectivity index (χ4v) is 1.28. The first kappa shape index (κ1) is 8.80. The van der Waals surface area contributed by atoms with Crippen LogP contribution in [-0.4, -0.2) is 5.24 Å². The van der Waals surface area contributed by atoms with Crippen molar-refractivity contribution in [2.24, 2.45) is 0 Å². The molecule has 2 nitrogen and oxygen atoms in total. The molecule has 0 fully saturated rings. The maximum Gasteiger partial charge on any atom is 0.252 e. The van der Waals surface area contributed by atoms with Crippen LogP contribution in [0.2, 0.25) is 0 Å². The zero-order valence-electron chi connectivity index (χ0n) is 5.47. The molecular formula is C7H5ClINO. The Bertz CT molecular complexity index is 300. The minimum Gasteiger partial charge on any atom is -0.398 e. The zero-order chi connectivity index (χ0) is 8.43. The van der Waals surface area contributed by atoms with E-state index in [4.69, 9.17) is 17.3 Å². The van der Waals surface area contributed by atoms with Crippen LogP contribution in [0.1, 0.15) is 10.4 Å². The molecule has 58 valence electrons. The van der Waals surface area contributed by atoms with Gasteiger partial charge in [-0.1, -0.05) is 0 Å². The first-order valence-corrected chi connectivity index (χ1v) is 4.32. The Hall–Kier alpha value is -0.290. The smallest absolute Gasteiger partial charge is 0.252 e. The van der Waals surface area contributed by atoms with Gasteiger partial charge in [0.05, 0.1) is 0 Å². The summed E-state index contributed by atoms with van der Waals surface area (Å²) in [4.78, 5) is 10.6. The molecule has 0 saturated carbocycles. The number of nitrogen functional groups attached to an aromatic ring is 1. The molecule has 1 aromatic rings. The average molecular weight is 281 g/mol. The number of halogens is 2. The summed E-state index contributed by atoms with van der Waals surface area (Å²) >= 11 is 7.29. The highest BCUT2D eigenvalue weighted by atomic mass is 127. The van der Waals surface area contributed by atoms with Crippen molar-refractivity contribution in [3.05, 3.63) is 27.3 Å². The molecule has 4 heteroatoms. The normalized spacial score (nSPS) is 9.64. The molecule has 0 unspecified atom stereocenters. The van der Waals surface area contributed by atoms with Crippen molar-refractivity contribution in [2.75, 3.05) is 5.73 Å². The van der Waals surface area contributed by atoms with Crippen molar-refractivity contribution >= 4 is 45.1 Å². The van der Waals surface area contributed by atoms with Crippen LogP contribution in [0.15, 0.2) is 18.2 Å². The third-order valence-corrected chi connectivity index (χ3v) is 2.38. The van der Waals surface area contributed by atoms with Crippen molar-refractivity contribution in [3.8, 4) is 0 Å². The molecule has 0 amide bonds. The molecule has 1 aromatic carbocycles. The van der Waals surface area contributed by atoms with Crippen LogP contribution < -0.4 is 5.73 Å². The largest absolute Gasteiger partial charge is 0.398 e. The summed E-state index contributed by atoms with van der Waals surface area (Å²) in [5, 5.41) is -0.456. The molecule has 0 spiro atoms. The molecule has 1 rings (SSSR count). The van der Waals surface area contributed by atoms with Gasteiger partial charge in [-0.15, -0.1) is 0 Å². The van der Waals surface area contributed by atoms with Crippen LogP contribution in [0, 0.1) is 3.57 Å². The number of carbonyl (C=O) groups is 1. The van der Waals surface area contributed by atoms with Gasteiger partial charge in [0.25, 0.3) is 5.24 Å². The summed E-state index contributed by atoms with van der Waals surface area (Å²) in [5.41, 5.74) is 6.66. The predicted octanol–water partition coefficient (Wildman–Crippen LogP) is 2.25. The highest BCUT2D eigenvalue weighted by Crippen LogP contribution is 2.17. The number of rotatable bonds is 1. The second-order valence-electron chi connectivity index (χ2n) is 2.01. The summed E-state index contributed by atoms with van der Waals surface area (Å²) in [7, 11) is 0. The van der Waals surface area contributed by atoms with Crippen molar-refractivity contribution in [3.63, 3.8) is 0 Å². The van der Waals surface area contributed by atoms with Gasteiger partial charge in [0, 0.05) is 14.8 Å². The van der Waals surface area contributed by atoms with Crippen molar-refractivity contribution in [2.45, 2.75) is 0 Å². The number of benzene rings is 1. The zero-order valence-corrected chi connectivity index (χ0v) is 8.39. The number of carbonyl (C=O) groups excluding carboxylic acids is 1. The van der Waals surface area contributed by atoms with E-state index in [9.17, 15) is 4.79 Å². The maximum absolute atomic E-state index is 10.6. The molecule has 0 saturated heterocycles. The van der Waals surface area contributed by atoms with E-state index in [1.54, 1.807) is 18.2 Å². The van der Waals surface area contributed by atoms with E-state index in [2.05, 4.69) is 0 Å². The number of nitrogens with two attached hydrogens (primary N) is 1. The Labute approximate surface area is 82.9 Å². The van der Waals surface area contributed by atoms with Crippen molar-refractivity contribution in [1.82, 2.24) is 0 Å². The summed E-state index contributed by atoms with van der Waals surface area (Å²) in [6.45, 7) is 0. The quantitative estimate of drug-likeness (QED) is 0.487. The van der Waals surface area contributed by atoms with Crippen LogP contribution in [0.3, 0.4) is 0 Å². The van der Waals surface area contributed by atoms with Crippen LogP contribution in [0.5, 0.6) is 0 Å². The van der Waals surface area contributed by atoms with E-state index in [0.717, 1.165) is 3.57 Å². The average Bonchev–Trinajstić information content (AvgIpc) is 1.94. The fraction of sp³-hybridized carbons (Fsp3) is 0. The van der Waals surface area contributed by atoms with Crippen LogP contribution in [-0.2, 0) is 0 Å². The monoisotopic (exact) mass is 281 g/mol. The highest BCUT2D eigenvalue weighted by Gasteiger charge is 2.02. The lowest BCUT2D eigenvalue weighted by atomic mass is 10.2. The first-order valence-electron chi connectivity index (χ1n) is 2.86. The Morgan fingerprint density at radius 3 is 2.64 bits per heavy atom. The van der Waals surface area contributed by atoms with Gasteiger partial charge in [-0.05, 0) is 52.4 Å². The molecule has 0 aliphatic heterocycles. The second-order valence-corrected chi connectivity index (χ2v) is 3.52. The number of anilines is 1. The molecule has 0 aromatic heterocycles. The fourth-order valence-electron chi connectivity index (χ4n) is 0.649. The lowest BCUT2D eigenvalue weighted by molar-refractivity contribution is 0.108. The topological polar surface area (TPSA) is 43.1 Å². The molecule has 0 heterocycles. The predicted molar refractivity (Wildman–Crippen MR) is 53.8 cm³/mol. The lowest BCUT2D eigenvalue weighted by Crippen LogP contribution is -1.93. The van der Waals surface area contributed by atoms with E-state index in [1.807, 2.05) is 22.6 Å².